The second kappa shape index (κ2) is 5.40. The van der Waals surface area contributed by atoms with Gasteiger partial charge >= 0.3 is 0 Å². The molecule has 0 bridgehead atoms. The fourth-order valence-electron chi connectivity index (χ4n) is 2.19. The summed E-state index contributed by atoms with van der Waals surface area (Å²) in [4.78, 5) is 0. The molecule has 1 aromatic carbocycles. The third-order valence-electron chi connectivity index (χ3n) is 3.44. The molecule has 0 saturated heterocycles. The quantitative estimate of drug-likeness (QED) is 0.881. The SMILES string of the molecule is CCNC(c1ccc(C)c(C)c1)c1occc1C. The fourth-order valence-corrected chi connectivity index (χ4v) is 2.19. The molecule has 18 heavy (non-hydrogen) atoms. The number of rotatable bonds is 4. The molecule has 1 atom stereocenters. The summed E-state index contributed by atoms with van der Waals surface area (Å²) >= 11 is 0. The topological polar surface area (TPSA) is 25.2 Å². The standard InChI is InChI=1S/C16H21NO/c1-5-17-15(16-12(3)8-9-18-16)14-7-6-11(2)13(4)10-14/h6-10,15,17H,5H2,1-4H3. The minimum absolute atomic E-state index is 0.143. The number of nitrogens with one attached hydrogen (secondary N) is 1. The lowest BCUT2D eigenvalue weighted by Gasteiger charge is -2.18. The summed E-state index contributed by atoms with van der Waals surface area (Å²) < 4.78 is 5.64. The van der Waals surface area contributed by atoms with Gasteiger partial charge in [-0.25, -0.2) is 0 Å². The lowest BCUT2D eigenvalue weighted by molar-refractivity contribution is 0.449. The minimum atomic E-state index is 0.143. The Bertz CT molecular complexity index is 528. The number of furan rings is 1. The van der Waals surface area contributed by atoms with Crippen LogP contribution in [-0.4, -0.2) is 6.54 Å². The summed E-state index contributed by atoms with van der Waals surface area (Å²) in [5.41, 5.74) is 5.10. The van der Waals surface area contributed by atoms with Crippen molar-refractivity contribution in [3.8, 4) is 0 Å². The van der Waals surface area contributed by atoms with Crippen LogP contribution < -0.4 is 5.32 Å². The molecule has 0 saturated carbocycles. The van der Waals surface area contributed by atoms with Crippen molar-refractivity contribution < 1.29 is 4.42 Å². The molecule has 1 heterocycles. The minimum Gasteiger partial charge on any atom is -0.467 e. The molecule has 0 fully saturated rings. The summed E-state index contributed by atoms with van der Waals surface area (Å²) in [5.74, 6) is 1.01. The highest BCUT2D eigenvalue weighted by Crippen LogP contribution is 2.26. The van der Waals surface area contributed by atoms with Crippen molar-refractivity contribution in [1.29, 1.82) is 0 Å². The third-order valence-corrected chi connectivity index (χ3v) is 3.44. The lowest BCUT2D eigenvalue weighted by Crippen LogP contribution is -2.22. The van der Waals surface area contributed by atoms with Gasteiger partial charge in [0.25, 0.3) is 0 Å². The highest BCUT2D eigenvalue weighted by atomic mass is 16.3. The summed E-state index contributed by atoms with van der Waals surface area (Å²) in [5, 5.41) is 3.50. The molecule has 2 rings (SSSR count). The highest BCUT2D eigenvalue weighted by Gasteiger charge is 2.18. The first-order valence-corrected chi connectivity index (χ1v) is 6.48. The molecule has 2 nitrogen and oxygen atoms in total. The van der Waals surface area contributed by atoms with E-state index in [2.05, 4.69) is 51.2 Å². The zero-order valence-electron chi connectivity index (χ0n) is 11.6. The number of benzene rings is 1. The summed E-state index contributed by atoms with van der Waals surface area (Å²) in [6.07, 6.45) is 1.76. The van der Waals surface area contributed by atoms with Crippen LogP contribution in [0.15, 0.2) is 34.9 Å². The van der Waals surface area contributed by atoms with E-state index >= 15 is 0 Å². The Morgan fingerprint density at radius 2 is 1.83 bits per heavy atom. The first-order valence-electron chi connectivity index (χ1n) is 6.48. The molecule has 0 amide bonds. The summed E-state index contributed by atoms with van der Waals surface area (Å²) in [6.45, 7) is 9.41. The Morgan fingerprint density at radius 1 is 1.06 bits per heavy atom. The Balaban J connectivity index is 2.41. The largest absolute Gasteiger partial charge is 0.467 e. The zero-order valence-corrected chi connectivity index (χ0v) is 11.6. The van der Waals surface area contributed by atoms with Crippen LogP contribution >= 0.6 is 0 Å². The van der Waals surface area contributed by atoms with E-state index in [1.807, 2.05) is 6.07 Å². The molecule has 0 aliphatic rings. The molecule has 0 spiro atoms. The van der Waals surface area contributed by atoms with E-state index in [4.69, 9.17) is 4.42 Å². The van der Waals surface area contributed by atoms with E-state index in [9.17, 15) is 0 Å². The highest BCUT2D eigenvalue weighted by molar-refractivity contribution is 5.36. The molecule has 0 radical (unpaired) electrons. The van der Waals surface area contributed by atoms with Crippen molar-refractivity contribution in [2.45, 2.75) is 33.7 Å². The molecule has 0 aliphatic carbocycles. The van der Waals surface area contributed by atoms with Gasteiger partial charge in [0.1, 0.15) is 5.76 Å². The van der Waals surface area contributed by atoms with Gasteiger partial charge in [-0.3, -0.25) is 0 Å². The van der Waals surface area contributed by atoms with Crippen LogP contribution in [0.3, 0.4) is 0 Å². The van der Waals surface area contributed by atoms with Gasteiger partial charge in [-0.1, -0.05) is 25.1 Å². The van der Waals surface area contributed by atoms with Crippen LogP contribution in [0.4, 0.5) is 0 Å². The number of hydrogen-bond donors (Lipinski definition) is 1. The molecule has 1 N–H and O–H groups in total. The lowest BCUT2D eigenvalue weighted by atomic mass is 9.98. The normalized spacial score (nSPS) is 12.7. The van der Waals surface area contributed by atoms with Crippen LogP contribution in [0, 0.1) is 20.8 Å². The fraction of sp³-hybridized carbons (Fsp3) is 0.375. The maximum absolute atomic E-state index is 5.64. The van der Waals surface area contributed by atoms with Crippen molar-refractivity contribution >= 4 is 0 Å². The molecular formula is C16H21NO. The Hall–Kier alpha value is -1.54. The van der Waals surface area contributed by atoms with Gasteiger partial charge < -0.3 is 9.73 Å². The maximum atomic E-state index is 5.64. The smallest absolute Gasteiger partial charge is 0.128 e. The molecule has 96 valence electrons. The Labute approximate surface area is 109 Å². The predicted molar refractivity (Wildman–Crippen MR) is 74.9 cm³/mol. The molecule has 0 aliphatic heterocycles. The number of aryl methyl sites for hydroxylation is 3. The monoisotopic (exact) mass is 243 g/mol. The maximum Gasteiger partial charge on any atom is 0.128 e. The first-order chi connectivity index (χ1) is 8.63. The van der Waals surface area contributed by atoms with Gasteiger partial charge in [0.15, 0.2) is 0 Å². The summed E-state index contributed by atoms with van der Waals surface area (Å²) in [6, 6.07) is 8.75. The van der Waals surface area contributed by atoms with Gasteiger partial charge in [0.05, 0.1) is 12.3 Å². The predicted octanol–water partition coefficient (Wildman–Crippen LogP) is 3.90. The van der Waals surface area contributed by atoms with E-state index in [0.717, 1.165) is 12.3 Å². The van der Waals surface area contributed by atoms with E-state index in [1.165, 1.54) is 22.3 Å². The molecule has 2 aromatic rings. The number of hydrogen-bond acceptors (Lipinski definition) is 2. The zero-order chi connectivity index (χ0) is 13.1. The van der Waals surface area contributed by atoms with Crippen LogP contribution in [0.25, 0.3) is 0 Å². The second-order valence-electron chi connectivity index (χ2n) is 4.80. The molecule has 1 unspecified atom stereocenters. The van der Waals surface area contributed by atoms with Gasteiger partial charge in [-0.2, -0.15) is 0 Å². The van der Waals surface area contributed by atoms with Gasteiger partial charge in [0.2, 0.25) is 0 Å². The van der Waals surface area contributed by atoms with E-state index in [-0.39, 0.29) is 6.04 Å². The molecule has 2 heteroatoms. The Morgan fingerprint density at radius 3 is 2.39 bits per heavy atom. The van der Waals surface area contributed by atoms with Crippen molar-refractivity contribution in [2.24, 2.45) is 0 Å². The van der Waals surface area contributed by atoms with Crippen molar-refractivity contribution in [1.82, 2.24) is 5.32 Å². The van der Waals surface area contributed by atoms with Crippen molar-refractivity contribution in [2.75, 3.05) is 6.54 Å². The van der Waals surface area contributed by atoms with E-state index in [0.29, 0.717) is 0 Å². The summed E-state index contributed by atoms with van der Waals surface area (Å²) in [7, 11) is 0. The average molecular weight is 243 g/mol. The van der Waals surface area contributed by atoms with Crippen LogP contribution in [0.1, 0.15) is 41.0 Å². The van der Waals surface area contributed by atoms with Gasteiger partial charge in [-0.05, 0) is 55.6 Å². The van der Waals surface area contributed by atoms with Crippen LogP contribution in [0.2, 0.25) is 0 Å². The first kappa shape index (κ1) is 12.9. The van der Waals surface area contributed by atoms with E-state index < -0.39 is 0 Å². The van der Waals surface area contributed by atoms with E-state index in [1.54, 1.807) is 6.26 Å². The van der Waals surface area contributed by atoms with Crippen LogP contribution in [-0.2, 0) is 0 Å². The van der Waals surface area contributed by atoms with Crippen molar-refractivity contribution in [3.63, 3.8) is 0 Å². The van der Waals surface area contributed by atoms with Crippen LogP contribution in [0.5, 0.6) is 0 Å². The Kier molecular flexibility index (Phi) is 3.87. The molecule has 1 aromatic heterocycles. The third kappa shape index (κ3) is 2.49. The second-order valence-corrected chi connectivity index (χ2v) is 4.80. The van der Waals surface area contributed by atoms with Gasteiger partial charge in [0, 0.05) is 0 Å². The van der Waals surface area contributed by atoms with Gasteiger partial charge in [-0.15, -0.1) is 0 Å². The average Bonchev–Trinajstić information content (AvgIpc) is 2.76. The molecular weight excluding hydrogens is 222 g/mol. The van der Waals surface area contributed by atoms with Crippen molar-refractivity contribution in [3.05, 3.63) is 58.5 Å².